The molecule has 70 valence electrons. The molecular formula is C9H25NZr. The van der Waals surface area contributed by atoms with E-state index in [0.717, 1.165) is 0 Å². The SMILES string of the molecule is C[CH2][Zr]([CH3])([NH2])([CH2]C)([CH2]C)[CH2]C. The van der Waals surface area contributed by atoms with Gasteiger partial charge in [0.1, 0.15) is 0 Å². The molecule has 1 nitrogen and oxygen atoms in total. The summed E-state index contributed by atoms with van der Waals surface area (Å²) in [5, 5.41) is 0. The van der Waals surface area contributed by atoms with Gasteiger partial charge in [0, 0.05) is 0 Å². The summed E-state index contributed by atoms with van der Waals surface area (Å²) in [6.45, 7) is 9.14. The standard InChI is InChI=1S/4C2H5.CH3.H2N.Zr/c4*1-2;;;/h4*1H2,2H3;1H3;1H2;/q;;;;;-1;+1. The molecule has 0 spiro atoms. The van der Waals surface area contributed by atoms with Crippen molar-refractivity contribution in [3.8, 4) is 0 Å². The van der Waals surface area contributed by atoms with Crippen LogP contribution < -0.4 is 3.68 Å². The Morgan fingerprint density at radius 1 is 0.818 bits per heavy atom. The molecule has 11 heavy (non-hydrogen) atoms. The van der Waals surface area contributed by atoms with Crippen LogP contribution in [0.15, 0.2) is 0 Å². The van der Waals surface area contributed by atoms with Crippen LogP contribution in [0.1, 0.15) is 27.7 Å². The van der Waals surface area contributed by atoms with E-state index >= 15 is 0 Å². The fourth-order valence-corrected chi connectivity index (χ4v) is 8.87. The first-order valence-corrected chi connectivity index (χ1v) is 15.9. The van der Waals surface area contributed by atoms with Gasteiger partial charge >= 0.3 is 70.1 Å². The molecule has 0 aromatic carbocycles. The second-order valence-corrected chi connectivity index (χ2v) is 32.1. The van der Waals surface area contributed by atoms with Gasteiger partial charge in [-0.05, 0) is 0 Å². The molecule has 2 heteroatoms. The quantitative estimate of drug-likeness (QED) is 0.790. The molecule has 0 saturated heterocycles. The van der Waals surface area contributed by atoms with Gasteiger partial charge in [0.05, 0.1) is 0 Å². The second-order valence-electron chi connectivity index (χ2n) is 5.43. The average molecular weight is 239 g/mol. The zero-order chi connectivity index (χ0) is 9.24. The van der Waals surface area contributed by atoms with E-state index in [2.05, 4.69) is 32.3 Å². The minimum absolute atomic E-state index is 1.25. The van der Waals surface area contributed by atoms with Crippen LogP contribution in [-0.4, -0.2) is 0 Å². The van der Waals surface area contributed by atoms with Crippen LogP contribution in [0.5, 0.6) is 0 Å². The molecule has 0 aliphatic heterocycles. The number of rotatable bonds is 4. The third-order valence-corrected chi connectivity index (χ3v) is 30.9. The summed E-state index contributed by atoms with van der Waals surface area (Å²) in [7, 11) is 0. The first kappa shape index (κ1) is 11.8. The summed E-state index contributed by atoms with van der Waals surface area (Å²) in [6, 6.07) is 0. The molecule has 0 rings (SSSR count). The van der Waals surface area contributed by atoms with Crippen molar-refractivity contribution in [2.24, 2.45) is 3.68 Å². The predicted octanol–water partition coefficient (Wildman–Crippen LogP) is 3.89. The summed E-state index contributed by atoms with van der Waals surface area (Å²) in [5.41, 5.74) is 0. The molecule has 0 unspecified atom stereocenters. The normalized spacial score (nSPS) is 19.1. The van der Waals surface area contributed by atoms with Gasteiger partial charge in [0.2, 0.25) is 0 Å². The van der Waals surface area contributed by atoms with Gasteiger partial charge < -0.3 is 0 Å². The Morgan fingerprint density at radius 2 is 1.00 bits per heavy atom. The van der Waals surface area contributed by atoms with Gasteiger partial charge in [-0.15, -0.1) is 0 Å². The van der Waals surface area contributed by atoms with Crippen molar-refractivity contribution in [3.05, 3.63) is 0 Å². The van der Waals surface area contributed by atoms with Crippen molar-refractivity contribution in [2.75, 3.05) is 0 Å². The van der Waals surface area contributed by atoms with Gasteiger partial charge in [-0.2, -0.15) is 0 Å². The molecule has 0 aromatic rings. The van der Waals surface area contributed by atoms with Crippen LogP contribution in [0.2, 0.25) is 21.1 Å². The summed E-state index contributed by atoms with van der Waals surface area (Å²) in [5.74, 6) is 0. The van der Waals surface area contributed by atoms with Gasteiger partial charge in [0.25, 0.3) is 0 Å². The van der Waals surface area contributed by atoms with Crippen LogP contribution in [-0.2, 0) is 17.6 Å². The third kappa shape index (κ3) is 1.95. The summed E-state index contributed by atoms with van der Waals surface area (Å²) >= 11 is -3.08. The molecule has 0 saturated carbocycles. The fraction of sp³-hybridized carbons (Fsp3) is 1.00. The van der Waals surface area contributed by atoms with E-state index in [0.29, 0.717) is 0 Å². The van der Waals surface area contributed by atoms with Crippen molar-refractivity contribution in [1.82, 2.24) is 0 Å². The van der Waals surface area contributed by atoms with E-state index in [9.17, 15) is 0 Å². The maximum absolute atomic E-state index is 6.76. The van der Waals surface area contributed by atoms with Crippen LogP contribution in [0.25, 0.3) is 0 Å². The van der Waals surface area contributed by atoms with Crippen LogP contribution >= 0.6 is 0 Å². The zero-order valence-electron chi connectivity index (χ0n) is 8.91. The fourth-order valence-electron chi connectivity index (χ4n) is 1.50. The molecule has 0 heterocycles. The van der Waals surface area contributed by atoms with E-state index in [1.807, 2.05) is 0 Å². The summed E-state index contributed by atoms with van der Waals surface area (Å²) < 4.78 is 14.2. The Kier molecular flexibility index (Phi) is 2.87. The van der Waals surface area contributed by atoms with Crippen molar-refractivity contribution in [2.45, 2.75) is 48.8 Å². The molecular weight excluding hydrogens is 213 g/mol. The van der Waals surface area contributed by atoms with Gasteiger partial charge in [-0.1, -0.05) is 0 Å². The first-order valence-electron chi connectivity index (χ1n) is 5.03. The molecule has 0 amide bonds. The molecule has 0 atom stereocenters. The van der Waals surface area contributed by atoms with E-state index < -0.39 is 17.6 Å². The Hall–Kier alpha value is 0.843. The topological polar surface area (TPSA) is 26.0 Å². The monoisotopic (exact) mass is 237 g/mol. The Morgan fingerprint density at radius 3 is 1.00 bits per heavy atom. The molecule has 0 aromatic heterocycles. The maximum atomic E-state index is 6.76. The van der Waals surface area contributed by atoms with E-state index in [1.54, 1.807) is 0 Å². The first-order chi connectivity index (χ1) is 4.80. The predicted molar refractivity (Wildman–Crippen MR) is 52.0 cm³/mol. The summed E-state index contributed by atoms with van der Waals surface area (Å²) in [4.78, 5) is 0. The van der Waals surface area contributed by atoms with Gasteiger partial charge in [-0.25, -0.2) is 0 Å². The molecule has 0 aliphatic carbocycles. The van der Waals surface area contributed by atoms with Crippen molar-refractivity contribution in [3.63, 3.8) is 0 Å². The number of hydrogen-bond donors (Lipinski definition) is 1. The average Bonchev–Trinajstić information content (AvgIpc) is 2.07. The Balaban J connectivity index is 5.04. The Bertz CT molecular complexity index is 123. The van der Waals surface area contributed by atoms with Crippen LogP contribution in [0.3, 0.4) is 0 Å². The molecule has 0 bridgehead atoms. The van der Waals surface area contributed by atoms with Gasteiger partial charge in [-0.3, -0.25) is 0 Å². The molecule has 2 N–H and O–H groups in total. The van der Waals surface area contributed by atoms with Crippen molar-refractivity contribution >= 4 is 0 Å². The molecule has 0 radical (unpaired) electrons. The zero-order valence-corrected chi connectivity index (χ0v) is 11.4. The molecule has 0 aliphatic rings. The molecule has 0 fully saturated rings. The summed E-state index contributed by atoms with van der Waals surface area (Å²) in [6.07, 6.45) is 0. The second kappa shape index (κ2) is 2.67. The van der Waals surface area contributed by atoms with Crippen molar-refractivity contribution in [1.29, 1.82) is 0 Å². The number of nitrogens with two attached hydrogens (primary N) is 1. The van der Waals surface area contributed by atoms with Crippen molar-refractivity contribution < 1.29 is 17.6 Å². The van der Waals surface area contributed by atoms with E-state index in [1.165, 1.54) is 16.5 Å². The van der Waals surface area contributed by atoms with Gasteiger partial charge in [0.15, 0.2) is 0 Å². The Labute approximate surface area is 70.0 Å². The van der Waals surface area contributed by atoms with Crippen LogP contribution in [0.4, 0.5) is 0 Å². The van der Waals surface area contributed by atoms with E-state index in [-0.39, 0.29) is 0 Å². The van der Waals surface area contributed by atoms with E-state index in [4.69, 9.17) is 3.68 Å². The number of hydrogen-bond acceptors (Lipinski definition) is 1. The third-order valence-electron chi connectivity index (χ3n) is 5.23. The van der Waals surface area contributed by atoms with Crippen LogP contribution in [0, 0.1) is 0 Å². The minimum atomic E-state index is -3.08.